The zero-order chi connectivity index (χ0) is 24.2. The van der Waals surface area contributed by atoms with E-state index in [1.807, 2.05) is 32.0 Å². The van der Waals surface area contributed by atoms with Crippen molar-refractivity contribution in [2.24, 2.45) is 0 Å². The number of rotatable bonds is 9. The molecule has 0 saturated carbocycles. The molecule has 0 aliphatic carbocycles. The Balaban J connectivity index is 2.24. The third-order valence-electron chi connectivity index (χ3n) is 5.62. The molecular weight excluding hydrogens is 424 g/mol. The molecule has 7 heteroatoms. The number of aryl methyl sites for hydroxylation is 1. The normalized spacial score (nSPS) is 12.7. The summed E-state index contributed by atoms with van der Waals surface area (Å²) in [6.45, 7) is 11.9. The number of methoxy groups -OCH3 is 1. The minimum atomic E-state index is -3.63. The summed E-state index contributed by atoms with van der Waals surface area (Å²) in [5, 5.41) is 2.96. The number of anilines is 1. The predicted octanol–water partition coefficient (Wildman–Crippen LogP) is 4.89. The number of benzene rings is 2. The van der Waals surface area contributed by atoms with E-state index < -0.39 is 10.0 Å². The van der Waals surface area contributed by atoms with Gasteiger partial charge in [-0.1, -0.05) is 39.8 Å². The summed E-state index contributed by atoms with van der Waals surface area (Å²) in [6.07, 6.45) is 1.11. The summed E-state index contributed by atoms with van der Waals surface area (Å²) in [5.74, 6) is 1.06. The molecule has 0 aliphatic rings. The summed E-state index contributed by atoms with van der Waals surface area (Å²) in [6, 6.07) is 11.0. The summed E-state index contributed by atoms with van der Waals surface area (Å²) in [5.41, 5.74) is 4.63. The van der Waals surface area contributed by atoms with E-state index in [4.69, 9.17) is 4.74 Å². The van der Waals surface area contributed by atoms with E-state index >= 15 is 0 Å². The average molecular weight is 461 g/mol. The van der Waals surface area contributed by atoms with E-state index in [1.54, 1.807) is 19.2 Å². The zero-order valence-corrected chi connectivity index (χ0v) is 21.2. The largest absolute Gasteiger partial charge is 0.496 e. The van der Waals surface area contributed by atoms with E-state index in [-0.39, 0.29) is 24.4 Å². The van der Waals surface area contributed by atoms with Crippen molar-refractivity contribution < 1.29 is 17.9 Å². The fourth-order valence-electron chi connectivity index (χ4n) is 3.73. The van der Waals surface area contributed by atoms with Crippen LogP contribution >= 0.6 is 0 Å². The van der Waals surface area contributed by atoms with Crippen molar-refractivity contribution in [2.75, 3.05) is 24.2 Å². The van der Waals surface area contributed by atoms with Gasteiger partial charge in [-0.05, 0) is 72.2 Å². The van der Waals surface area contributed by atoms with Crippen LogP contribution in [0, 0.1) is 6.92 Å². The van der Waals surface area contributed by atoms with Gasteiger partial charge < -0.3 is 10.1 Å². The van der Waals surface area contributed by atoms with Gasteiger partial charge in [-0.25, -0.2) is 8.42 Å². The Bertz CT molecular complexity index is 1040. The molecule has 2 rings (SSSR count). The van der Waals surface area contributed by atoms with Crippen LogP contribution in [0.1, 0.15) is 74.8 Å². The first kappa shape index (κ1) is 25.7. The molecule has 1 unspecified atom stereocenters. The van der Waals surface area contributed by atoms with Crippen LogP contribution in [-0.2, 0) is 14.8 Å². The molecule has 2 aromatic carbocycles. The summed E-state index contributed by atoms with van der Waals surface area (Å²) in [4.78, 5) is 12.8. The number of ether oxygens (including phenoxy) is 1. The molecule has 1 atom stereocenters. The second kappa shape index (κ2) is 10.4. The molecule has 6 nitrogen and oxygen atoms in total. The van der Waals surface area contributed by atoms with Crippen LogP contribution < -0.4 is 14.4 Å². The molecule has 0 aliphatic heterocycles. The third-order valence-corrected chi connectivity index (χ3v) is 6.76. The van der Waals surface area contributed by atoms with Gasteiger partial charge in [0.25, 0.3) is 0 Å². The van der Waals surface area contributed by atoms with Gasteiger partial charge in [-0.3, -0.25) is 9.10 Å². The minimum Gasteiger partial charge on any atom is -0.496 e. The van der Waals surface area contributed by atoms with Gasteiger partial charge in [-0.2, -0.15) is 0 Å². The number of hydrogen-bond acceptors (Lipinski definition) is 4. The van der Waals surface area contributed by atoms with Crippen molar-refractivity contribution in [3.05, 3.63) is 58.7 Å². The van der Waals surface area contributed by atoms with Crippen molar-refractivity contribution in [1.82, 2.24) is 5.32 Å². The number of hydrogen-bond donors (Lipinski definition) is 1. The van der Waals surface area contributed by atoms with E-state index in [9.17, 15) is 13.2 Å². The van der Waals surface area contributed by atoms with Crippen LogP contribution in [0.25, 0.3) is 0 Å². The summed E-state index contributed by atoms with van der Waals surface area (Å²) < 4.78 is 31.5. The van der Waals surface area contributed by atoms with Crippen LogP contribution in [0.15, 0.2) is 36.4 Å². The van der Waals surface area contributed by atoms with Crippen molar-refractivity contribution in [1.29, 1.82) is 0 Å². The Morgan fingerprint density at radius 3 is 2.06 bits per heavy atom. The van der Waals surface area contributed by atoms with Crippen LogP contribution in [0.4, 0.5) is 5.69 Å². The van der Waals surface area contributed by atoms with Crippen LogP contribution in [0.3, 0.4) is 0 Å². The van der Waals surface area contributed by atoms with Crippen molar-refractivity contribution in [3.8, 4) is 5.75 Å². The molecule has 1 amide bonds. The Labute approximate surface area is 193 Å². The molecule has 32 heavy (non-hydrogen) atoms. The topological polar surface area (TPSA) is 75.7 Å². The summed E-state index contributed by atoms with van der Waals surface area (Å²) in [7, 11) is -1.97. The first-order valence-corrected chi connectivity index (χ1v) is 12.7. The lowest BCUT2D eigenvalue weighted by Crippen LogP contribution is -2.41. The number of nitrogens with zero attached hydrogens (tertiary/aromatic N) is 1. The molecule has 1 N–H and O–H groups in total. The highest BCUT2D eigenvalue weighted by molar-refractivity contribution is 7.92. The van der Waals surface area contributed by atoms with E-state index in [2.05, 4.69) is 39.1 Å². The van der Waals surface area contributed by atoms with E-state index in [0.29, 0.717) is 11.6 Å². The van der Waals surface area contributed by atoms with Gasteiger partial charge in [0.15, 0.2) is 0 Å². The maximum Gasteiger partial charge on any atom is 0.241 e. The van der Waals surface area contributed by atoms with Gasteiger partial charge in [0, 0.05) is 0 Å². The fourth-order valence-corrected chi connectivity index (χ4v) is 4.59. The lowest BCUT2D eigenvalue weighted by molar-refractivity contribution is -0.120. The first-order chi connectivity index (χ1) is 14.8. The number of sulfonamides is 1. The Morgan fingerprint density at radius 2 is 1.59 bits per heavy atom. The Morgan fingerprint density at radius 1 is 1.00 bits per heavy atom. The second-order valence-corrected chi connectivity index (χ2v) is 10.8. The zero-order valence-electron chi connectivity index (χ0n) is 20.4. The molecule has 0 saturated heterocycles. The van der Waals surface area contributed by atoms with Crippen LogP contribution in [0.5, 0.6) is 5.75 Å². The number of nitrogens with one attached hydrogen (secondary N) is 1. The van der Waals surface area contributed by atoms with E-state index in [0.717, 1.165) is 38.6 Å². The van der Waals surface area contributed by atoms with Crippen molar-refractivity contribution in [3.63, 3.8) is 0 Å². The van der Waals surface area contributed by atoms with Crippen molar-refractivity contribution >= 4 is 21.6 Å². The molecule has 0 fully saturated rings. The van der Waals surface area contributed by atoms with Gasteiger partial charge in [0.1, 0.15) is 12.3 Å². The molecule has 0 heterocycles. The lowest BCUT2D eigenvalue weighted by Gasteiger charge is -2.25. The molecule has 0 spiro atoms. The van der Waals surface area contributed by atoms with Crippen molar-refractivity contribution in [2.45, 2.75) is 59.4 Å². The molecule has 2 aromatic rings. The number of carbonyl (C=O) groups excluding carboxylic acids is 1. The number of amides is 1. The monoisotopic (exact) mass is 460 g/mol. The Kier molecular flexibility index (Phi) is 8.35. The van der Waals surface area contributed by atoms with Gasteiger partial charge >= 0.3 is 0 Å². The highest BCUT2D eigenvalue weighted by Crippen LogP contribution is 2.32. The fraction of sp³-hybridized carbons (Fsp3) is 0.480. The second-order valence-electron chi connectivity index (χ2n) is 8.91. The smallest absolute Gasteiger partial charge is 0.241 e. The van der Waals surface area contributed by atoms with E-state index in [1.165, 1.54) is 0 Å². The minimum absolute atomic E-state index is 0.265. The van der Waals surface area contributed by atoms with Gasteiger partial charge in [0.05, 0.1) is 25.1 Å². The maximum atomic E-state index is 12.8. The van der Waals surface area contributed by atoms with Crippen LogP contribution in [0.2, 0.25) is 0 Å². The maximum absolute atomic E-state index is 12.8. The molecule has 176 valence electrons. The summed E-state index contributed by atoms with van der Waals surface area (Å²) >= 11 is 0. The standard InChI is InChI=1S/C25H36N2O4S/c1-16(2)20-9-11-21(12-10-20)27(32(8,29)30)15-25(28)26-19(6)23-14-22(17(3)4)24(31-7)13-18(23)5/h9-14,16-17,19H,15H2,1-8H3,(H,26,28). The average Bonchev–Trinajstić information content (AvgIpc) is 2.70. The van der Waals surface area contributed by atoms with Crippen LogP contribution in [-0.4, -0.2) is 34.2 Å². The first-order valence-electron chi connectivity index (χ1n) is 10.9. The molecule has 0 radical (unpaired) electrons. The van der Waals surface area contributed by atoms with Gasteiger partial charge in [0.2, 0.25) is 15.9 Å². The lowest BCUT2D eigenvalue weighted by atomic mass is 9.93. The highest BCUT2D eigenvalue weighted by Gasteiger charge is 2.23. The highest BCUT2D eigenvalue weighted by atomic mass is 32.2. The SMILES string of the molecule is COc1cc(C)c(C(C)NC(=O)CN(c2ccc(C(C)C)cc2)S(C)(=O)=O)cc1C(C)C. The molecular formula is C25H36N2O4S. The molecule has 0 bridgehead atoms. The van der Waals surface area contributed by atoms with Gasteiger partial charge in [-0.15, -0.1) is 0 Å². The Hall–Kier alpha value is -2.54. The third kappa shape index (κ3) is 6.25. The quantitative estimate of drug-likeness (QED) is 0.578. The molecule has 0 aromatic heterocycles. The predicted molar refractivity (Wildman–Crippen MR) is 131 cm³/mol. The number of carbonyl (C=O) groups is 1.